The van der Waals surface area contributed by atoms with Crippen LogP contribution in [0.4, 0.5) is 0 Å². The molecule has 0 fully saturated rings. The van der Waals surface area contributed by atoms with Crippen LogP contribution < -0.4 is 0 Å². The molecule has 1 N–H and O–H groups in total. The Balaban J connectivity index is 3.41. The number of rotatable bonds is 5. The van der Waals surface area contributed by atoms with Gasteiger partial charge in [0.2, 0.25) is 0 Å². The summed E-state index contributed by atoms with van der Waals surface area (Å²) in [5.41, 5.74) is 0. The molecule has 2 heteroatoms. The second-order valence-corrected chi connectivity index (χ2v) is 2.69. The summed E-state index contributed by atoms with van der Waals surface area (Å²) in [5.74, 6) is 0.657. The van der Waals surface area contributed by atoms with E-state index in [9.17, 15) is 0 Å². The van der Waals surface area contributed by atoms with Gasteiger partial charge in [-0.25, -0.2) is 0 Å². The van der Waals surface area contributed by atoms with E-state index in [1.165, 1.54) is 5.06 Å². The zero-order valence-corrected chi connectivity index (χ0v) is 7.30. The summed E-state index contributed by atoms with van der Waals surface area (Å²) in [7, 11) is 0. The van der Waals surface area contributed by atoms with Gasteiger partial charge in [0, 0.05) is 13.1 Å². The highest BCUT2D eigenvalue weighted by Gasteiger charge is 2.06. The van der Waals surface area contributed by atoms with E-state index >= 15 is 0 Å². The first-order valence-electron chi connectivity index (χ1n) is 4.18. The second-order valence-electron chi connectivity index (χ2n) is 2.69. The summed E-state index contributed by atoms with van der Waals surface area (Å²) in [6.45, 7) is 7.84. The van der Waals surface area contributed by atoms with Crippen molar-refractivity contribution in [3.8, 4) is 0 Å². The van der Waals surface area contributed by atoms with Crippen LogP contribution in [0.3, 0.4) is 0 Å². The molecule has 62 valence electrons. The van der Waals surface area contributed by atoms with Gasteiger partial charge in [-0.1, -0.05) is 33.6 Å². The summed E-state index contributed by atoms with van der Waals surface area (Å²) in [4.78, 5) is 0. The van der Waals surface area contributed by atoms with E-state index in [-0.39, 0.29) is 0 Å². The lowest BCUT2D eigenvalue weighted by Crippen LogP contribution is -2.25. The maximum absolute atomic E-state index is 9.12. The van der Waals surface area contributed by atoms with Gasteiger partial charge >= 0.3 is 0 Å². The third-order valence-electron chi connectivity index (χ3n) is 1.99. The van der Waals surface area contributed by atoms with E-state index in [1.807, 2.05) is 6.92 Å². The van der Waals surface area contributed by atoms with Gasteiger partial charge in [-0.05, 0) is 5.92 Å². The van der Waals surface area contributed by atoms with Crippen LogP contribution in [-0.4, -0.2) is 23.4 Å². The lowest BCUT2D eigenvalue weighted by atomic mass is 10.0. The van der Waals surface area contributed by atoms with Crippen LogP contribution in [0.1, 0.15) is 33.6 Å². The highest BCUT2D eigenvalue weighted by Crippen LogP contribution is 2.07. The summed E-state index contributed by atoms with van der Waals surface area (Å²) < 4.78 is 0. The standard InChI is InChI=1S/C8H19NO/c1-4-8(5-2)7-9(10)6-3/h8,10H,4-7H2,1-3H3. The van der Waals surface area contributed by atoms with Gasteiger partial charge in [0.05, 0.1) is 0 Å². The molecule has 0 bridgehead atoms. The molecule has 0 aliphatic rings. The molecule has 0 aromatic carbocycles. The molecule has 0 unspecified atom stereocenters. The van der Waals surface area contributed by atoms with Gasteiger partial charge in [-0.3, -0.25) is 0 Å². The van der Waals surface area contributed by atoms with E-state index in [4.69, 9.17) is 5.21 Å². The monoisotopic (exact) mass is 145 g/mol. The molecule has 0 aromatic heterocycles. The Kier molecular flexibility index (Phi) is 5.64. The third-order valence-corrected chi connectivity index (χ3v) is 1.99. The Bertz CT molecular complexity index is 71.7. The topological polar surface area (TPSA) is 23.5 Å². The van der Waals surface area contributed by atoms with E-state index in [1.54, 1.807) is 0 Å². The van der Waals surface area contributed by atoms with Crippen LogP contribution in [-0.2, 0) is 0 Å². The van der Waals surface area contributed by atoms with Crippen LogP contribution in [0.25, 0.3) is 0 Å². The zero-order chi connectivity index (χ0) is 7.98. The normalized spacial score (nSPS) is 11.4. The zero-order valence-electron chi connectivity index (χ0n) is 7.30. The number of hydrogen-bond donors (Lipinski definition) is 1. The second kappa shape index (κ2) is 5.69. The maximum atomic E-state index is 9.12. The Morgan fingerprint density at radius 2 is 1.70 bits per heavy atom. The van der Waals surface area contributed by atoms with Crippen molar-refractivity contribution in [3.05, 3.63) is 0 Å². The van der Waals surface area contributed by atoms with E-state index in [0.717, 1.165) is 25.9 Å². The van der Waals surface area contributed by atoms with Crippen molar-refractivity contribution in [3.63, 3.8) is 0 Å². The maximum Gasteiger partial charge on any atom is 0.0266 e. The van der Waals surface area contributed by atoms with E-state index in [0.29, 0.717) is 5.92 Å². The fourth-order valence-electron chi connectivity index (χ4n) is 0.974. The van der Waals surface area contributed by atoms with Crippen molar-refractivity contribution in [1.29, 1.82) is 0 Å². The van der Waals surface area contributed by atoms with Crippen molar-refractivity contribution in [1.82, 2.24) is 5.06 Å². The Labute approximate surface area is 63.8 Å². The summed E-state index contributed by atoms with van der Waals surface area (Å²) in [6, 6.07) is 0. The van der Waals surface area contributed by atoms with Crippen LogP contribution in [0.2, 0.25) is 0 Å². The molecule has 0 amide bonds. The molecule has 2 nitrogen and oxygen atoms in total. The quantitative estimate of drug-likeness (QED) is 0.599. The Morgan fingerprint density at radius 3 is 2.00 bits per heavy atom. The minimum absolute atomic E-state index is 0.657. The molecule has 0 atom stereocenters. The molecule has 0 rings (SSSR count). The summed E-state index contributed by atoms with van der Waals surface area (Å²) >= 11 is 0. The van der Waals surface area contributed by atoms with Crippen LogP contribution in [0, 0.1) is 5.92 Å². The highest BCUT2D eigenvalue weighted by atomic mass is 16.5. The number of hydroxylamine groups is 2. The Morgan fingerprint density at radius 1 is 1.20 bits per heavy atom. The number of nitrogens with zero attached hydrogens (tertiary/aromatic N) is 1. The average molecular weight is 145 g/mol. The predicted molar refractivity (Wildman–Crippen MR) is 43.1 cm³/mol. The minimum atomic E-state index is 0.657. The van der Waals surface area contributed by atoms with E-state index < -0.39 is 0 Å². The molecule has 0 aliphatic heterocycles. The third kappa shape index (κ3) is 3.85. The largest absolute Gasteiger partial charge is 0.314 e. The molecule has 0 saturated heterocycles. The van der Waals surface area contributed by atoms with Crippen molar-refractivity contribution >= 4 is 0 Å². The molecule has 0 aromatic rings. The first-order chi connectivity index (χ1) is 4.74. The summed E-state index contributed by atoms with van der Waals surface area (Å²) in [6.07, 6.45) is 2.32. The molecule has 10 heavy (non-hydrogen) atoms. The average Bonchev–Trinajstić information content (AvgIpc) is 1.99. The molecule has 0 saturated carbocycles. The van der Waals surface area contributed by atoms with Crippen LogP contribution >= 0.6 is 0 Å². The SMILES string of the molecule is CCC(CC)CN(O)CC. The molecular formula is C8H19NO. The van der Waals surface area contributed by atoms with Crippen LogP contribution in [0.15, 0.2) is 0 Å². The lowest BCUT2D eigenvalue weighted by Gasteiger charge is -2.18. The van der Waals surface area contributed by atoms with E-state index in [2.05, 4.69) is 13.8 Å². The van der Waals surface area contributed by atoms with Crippen molar-refractivity contribution < 1.29 is 5.21 Å². The smallest absolute Gasteiger partial charge is 0.0266 e. The molecule has 0 aliphatic carbocycles. The van der Waals surface area contributed by atoms with Gasteiger partial charge in [0.1, 0.15) is 0 Å². The van der Waals surface area contributed by atoms with Gasteiger partial charge in [0.25, 0.3) is 0 Å². The first kappa shape index (κ1) is 9.92. The van der Waals surface area contributed by atoms with Crippen LogP contribution in [0.5, 0.6) is 0 Å². The predicted octanol–water partition coefficient (Wildman–Crippen LogP) is 2.13. The first-order valence-corrected chi connectivity index (χ1v) is 4.18. The minimum Gasteiger partial charge on any atom is -0.314 e. The Hall–Kier alpha value is -0.0800. The fourth-order valence-corrected chi connectivity index (χ4v) is 0.974. The lowest BCUT2D eigenvalue weighted by molar-refractivity contribution is -0.0973. The fraction of sp³-hybridized carbons (Fsp3) is 1.00. The van der Waals surface area contributed by atoms with Crippen molar-refractivity contribution in [2.75, 3.05) is 13.1 Å². The van der Waals surface area contributed by atoms with Crippen molar-refractivity contribution in [2.24, 2.45) is 5.92 Å². The van der Waals surface area contributed by atoms with Gasteiger partial charge in [-0.2, -0.15) is 5.06 Å². The highest BCUT2D eigenvalue weighted by molar-refractivity contribution is 4.55. The molecular weight excluding hydrogens is 126 g/mol. The van der Waals surface area contributed by atoms with Gasteiger partial charge in [-0.15, -0.1) is 0 Å². The van der Waals surface area contributed by atoms with Gasteiger partial charge < -0.3 is 5.21 Å². The molecule has 0 heterocycles. The van der Waals surface area contributed by atoms with Gasteiger partial charge in [0.15, 0.2) is 0 Å². The molecule has 0 spiro atoms. The molecule has 0 radical (unpaired) electrons. The number of hydrogen-bond acceptors (Lipinski definition) is 2. The summed E-state index contributed by atoms with van der Waals surface area (Å²) in [5, 5.41) is 10.5. The van der Waals surface area contributed by atoms with Crippen molar-refractivity contribution in [2.45, 2.75) is 33.6 Å².